The number of aryl methyl sites for hydroxylation is 1. The summed E-state index contributed by atoms with van der Waals surface area (Å²) in [6, 6.07) is 10.6. The predicted molar refractivity (Wildman–Crippen MR) is 84.1 cm³/mol. The molecule has 1 aromatic rings. The Balaban J connectivity index is 1.73. The van der Waals surface area contributed by atoms with Crippen molar-refractivity contribution in [1.82, 2.24) is 4.90 Å². The summed E-state index contributed by atoms with van der Waals surface area (Å²) in [5, 5.41) is 0. The first-order valence-corrected chi connectivity index (χ1v) is 7.92. The number of hydrogen-bond donors (Lipinski definition) is 0. The second-order valence-corrected chi connectivity index (χ2v) is 6.07. The van der Waals surface area contributed by atoms with Gasteiger partial charge in [-0.15, -0.1) is 0 Å². The number of nitrogens with zero attached hydrogens (tertiary/aromatic N) is 2. The fraction of sp³-hybridized carbons (Fsp3) is 0.588. The van der Waals surface area contributed by atoms with Gasteiger partial charge in [-0.3, -0.25) is 4.90 Å². The molecular weight excluding hydrogens is 264 g/mol. The molecule has 2 rings (SSSR count). The number of benzene rings is 1. The summed E-state index contributed by atoms with van der Waals surface area (Å²) in [4.78, 5) is 13.5. The lowest BCUT2D eigenvalue weighted by atomic mass is 10.1. The van der Waals surface area contributed by atoms with Gasteiger partial charge in [-0.25, -0.2) is 4.79 Å². The summed E-state index contributed by atoms with van der Waals surface area (Å²) in [6.07, 6.45) is 2.17. The molecule has 0 radical (unpaired) electrons. The van der Waals surface area contributed by atoms with E-state index in [0.29, 0.717) is 6.61 Å². The first-order chi connectivity index (χ1) is 10.1. The van der Waals surface area contributed by atoms with Crippen LogP contribution in [0.25, 0.3) is 0 Å². The zero-order valence-corrected chi connectivity index (χ0v) is 13.3. The number of rotatable bonds is 5. The van der Waals surface area contributed by atoms with Crippen molar-refractivity contribution < 1.29 is 14.0 Å². The molecule has 1 aliphatic heterocycles. The van der Waals surface area contributed by atoms with E-state index in [4.69, 9.17) is 4.74 Å². The number of ether oxygens (including phenoxy) is 1. The van der Waals surface area contributed by atoms with Gasteiger partial charge in [0.05, 0.1) is 46.4 Å². The number of carbonyl (C=O) groups is 1. The van der Waals surface area contributed by atoms with Gasteiger partial charge in [-0.1, -0.05) is 30.3 Å². The molecule has 0 aromatic heterocycles. The molecule has 4 heteroatoms. The Kier molecular flexibility index (Phi) is 5.62. The molecule has 116 valence electrons. The Morgan fingerprint density at radius 3 is 2.52 bits per heavy atom. The highest BCUT2D eigenvalue weighted by atomic mass is 16.6. The molecule has 4 nitrogen and oxygen atoms in total. The third kappa shape index (κ3) is 4.74. The lowest BCUT2D eigenvalue weighted by molar-refractivity contribution is -0.913. The monoisotopic (exact) mass is 291 g/mol. The lowest BCUT2D eigenvalue weighted by Gasteiger charge is -2.41. The molecule has 1 aliphatic rings. The van der Waals surface area contributed by atoms with Gasteiger partial charge < -0.3 is 9.22 Å². The first-order valence-electron chi connectivity index (χ1n) is 7.92. The third-order valence-electron chi connectivity index (χ3n) is 4.35. The molecule has 21 heavy (non-hydrogen) atoms. The highest BCUT2D eigenvalue weighted by Crippen LogP contribution is 2.13. The van der Waals surface area contributed by atoms with Crippen LogP contribution in [-0.4, -0.2) is 61.9 Å². The number of piperazine rings is 1. The van der Waals surface area contributed by atoms with Gasteiger partial charge in [0.1, 0.15) is 0 Å². The highest BCUT2D eigenvalue weighted by Gasteiger charge is 2.30. The molecular formula is C17H27N2O2+. The fourth-order valence-electron chi connectivity index (χ4n) is 2.88. The van der Waals surface area contributed by atoms with E-state index in [2.05, 4.69) is 37.4 Å². The zero-order chi connectivity index (χ0) is 15.1. The van der Waals surface area contributed by atoms with E-state index in [9.17, 15) is 4.79 Å². The molecule has 0 atom stereocenters. The summed E-state index contributed by atoms with van der Waals surface area (Å²) in [7, 11) is 2.30. The summed E-state index contributed by atoms with van der Waals surface area (Å²) >= 11 is 0. The van der Waals surface area contributed by atoms with E-state index in [1.807, 2.05) is 11.8 Å². The minimum Gasteiger partial charge on any atom is -0.450 e. The molecule has 1 saturated heterocycles. The average Bonchev–Trinajstić information content (AvgIpc) is 2.49. The van der Waals surface area contributed by atoms with Crippen molar-refractivity contribution in [3.8, 4) is 0 Å². The van der Waals surface area contributed by atoms with Crippen molar-refractivity contribution in [2.24, 2.45) is 0 Å². The van der Waals surface area contributed by atoms with Crippen LogP contribution in [0.1, 0.15) is 18.9 Å². The number of carbonyl (C=O) groups excluding carboxylic acids is 1. The molecule has 1 heterocycles. The highest BCUT2D eigenvalue weighted by molar-refractivity contribution is 5.67. The van der Waals surface area contributed by atoms with Gasteiger partial charge in [0.15, 0.2) is 0 Å². The quantitative estimate of drug-likeness (QED) is 0.780. The predicted octanol–water partition coefficient (Wildman–Crippen LogP) is 2.54. The van der Waals surface area contributed by atoms with Gasteiger partial charge in [0, 0.05) is 6.42 Å². The van der Waals surface area contributed by atoms with Crippen LogP contribution in [0.3, 0.4) is 0 Å². The topological polar surface area (TPSA) is 29.5 Å². The van der Waals surface area contributed by atoms with Crippen molar-refractivity contribution in [3.05, 3.63) is 35.9 Å². The minimum atomic E-state index is -0.159. The number of likely N-dealkylation sites (N-methyl/N-ethyl adjacent to an activating group) is 1. The smallest absolute Gasteiger partial charge is 0.410 e. The molecule has 0 bridgehead atoms. The molecule has 0 saturated carbocycles. The second-order valence-electron chi connectivity index (χ2n) is 6.07. The Bertz CT molecular complexity index is 439. The first kappa shape index (κ1) is 15.8. The molecule has 0 spiro atoms. The van der Waals surface area contributed by atoms with Crippen LogP contribution in [0.4, 0.5) is 4.79 Å². The molecule has 1 fully saturated rings. The minimum absolute atomic E-state index is 0.159. The van der Waals surface area contributed by atoms with Gasteiger partial charge in [0.2, 0.25) is 0 Å². The number of quaternary nitrogens is 1. The third-order valence-corrected chi connectivity index (χ3v) is 4.35. The van der Waals surface area contributed by atoms with E-state index < -0.39 is 0 Å². The Labute approximate surface area is 127 Å². The van der Waals surface area contributed by atoms with E-state index in [1.54, 1.807) is 0 Å². The molecule has 1 amide bonds. The second kappa shape index (κ2) is 7.46. The molecule has 0 N–H and O–H groups in total. The van der Waals surface area contributed by atoms with E-state index in [0.717, 1.165) is 37.1 Å². The normalized spacial score (nSPS) is 17.5. The Hall–Kier alpha value is -1.55. The fourth-order valence-corrected chi connectivity index (χ4v) is 2.88. The van der Waals surface area contributed by atoms with Crippen molar-refractivity contribution in [3.63, 3.8) is 0 Å². The maximum Gasteiger partial charge on any atom is 0.410 e. The van der Waals surface area contributed by atoms with Crippen LogP contribution in [0.2, 0.25) is 0 Å². The van der Waals surface area contributed by atoms with Gasteiger partial charge in [-0.05, 0) is 18.9 Å². The molecule has 0 aliphatic carbocycles. The standard InChI is InChI=1S/C17H27N2O2/c1-3-21-17(20)18-11-14-19(2,15-12-18)13-7-10-16-8-5-4-6-9-16/h4-6,8-9H,3,7,10-15H2,1-2H3/q+1. The summed E-state index contributed by atoms with van der Waals surface area (Å²) < 4.78 is 6.13. The summed E-state index contributed by atoms with van der Waals surface area (Å²) in [6.45, 7) is 7.14. The summed E-state index contributed by atoms with van der Waals surface area (Å²) in [5.74, 6) is 0. The lowest BCUT2D eigenvalue weighted by Crippen LogP contribution is -2.58. The van der Waals surface area contributed by atoms with Crippen LogP contribution in [0.15, 0.2) is 30.3 Å². The van der Waals surface area contributed by atoms with Crippen LogP contribution >= 0.6 is 0 Å². The average molecular weight is 291 g/mol. The van der Waals surface area contributed by atoms with E-state index in [-0.39, 0.29) is 6.09 Å². The van der Waals surface area contributed by atoms with Gasteiger partial charge >= 0.3 is 6.09 Å². The van der Waals surface area contributed by atoms with Crippen molar-refractivity contribution in [2.45, 2.75) is 19.8 Å². The van der Waals surface area contributed by atoms with Crippen molar-refractivity contribution in [2.75, 3.05) is 46.4 Å². The maximum absolute atomic E-state index is 11.7. The van der Waals surface area contributed by atoms with Gasteiger partial charge in [0.25, 0.3) is 0 Å². The van der Waals surface area contributed by atoms with Crippen LogP contribution < -0.4 is 0 Å². The maximum atomic E-state index is 11.7. The van der Waals surface area contributed by atoms with E-state index in [1.165, 1.54) is 18.5 Å². The van der Waals surface area contributed by atoms with E-state index >= 15 is 0 Å². The molecule has 0 unspecified atom stereocenters. The van der Waals surface area contributed by atoms with Crippen LogP contribution in [0, 0.1) is 0 Å². The van der Waals surface area contributed by atoms with Crippen LogP contribution in [-0.2, 0) is 11.2 Å². The van der Waals surface area contributed by atoms with Crippen LogP contribution in [0.5, 0.6) is 0 Å². The van der Waals surface area contributed by atoms with Crippen molar-refractivity contribution in [1.29, 1.82) is 0 Å². The number of hydrogen-bond acceptors (Lipinski definition) is 2. The van der Waals surface area contributed by atoms with Gasteiger partial charge in [-0.2, -0.15) is 0 Å². The van der Waals surface area contributed by atoms with Crippen molar-refractivity contribution >= 4 is 6.09 Å². The SMILES string of the molecule is CCOC(=O)N1CC[N+](C)(CCCc2ccccc2)CC1. The Morgan fingerprint density at radius 2 is 1.90 bits per heavy atom. The molecule has 1 aromatic carbocycles. The zero-order valence-electron chi connectivity index (χ0n) is 13.3. The number of amides is 1. The Morgan fingerprint density at radius 1 is 1.24 bits per heavy atom. The largest absolute Gasteiger partial charge is 0.450 e. The summed E-state index contributed by atoms with van der Waals surface area (Å²) in [5.41, 5.74) is 1.41.